The Morgan fingerprint density at radius 3 is 2.81 bits per heavy atom. The van der Waals surface area contributed by atoms with Crippen molar-refractivity contribution >= 4 is 18.3 Å². The first kappa shape index (κ1) is 18.7. The fraction of sp³-hybridized carbons (Fsp3) is 0.938. The van der Waals surface area contributed by atoms with Gasteiger partial charge in [0.05, 0.1) is 6.10 Å². The Morgan fingerprint density at radius 1 is 1.38 bits per heavy atom. The fourth-order valence-corrected chi connectivity index (χ4v) is 3.15. The van der Waals surface area contributed by atoms with Crippen molar-refractivity contribution < 1.29 is 9.53 Å². The molecule has 2 aliphatic heterocycles. The van der Waals surface area contributed by atoms with E-state index in [1.54, 1.807) is 0 Å². The molecule has 0 bridgehead atoms. The number of halogens is 1. The zero-order valence-electron chi connectivity index (χ0n) is 13.6. The van der Waals surface area contributed by atoms with Gasteiger partial charge in [-0.05, 0) is 45.1 Å². The van der Waals surface area contributed by atoms with E-state index in [0.717, 1.165) is 51.9 Å². The molecule has 124 valence electrons. The molecule has 0 radical (unpaired) electrons. The molecular weight excluding hydrogens is 288 g/mol. The molecule has 2 saturated heterocycles. The summed E-state index contributed by atoms with van der Waals surface area (Å²) in [6.45, 7) is 10.1. The third kappa shape index (κ3) is 5.76. The summed E-state index contributed by atoms with van der Waals surface area (Å²) in [5, 5.41) is 3.41. The van der Waals surface area contributed by atoms with Crippen LogP contribution in [0.5, 0.6) is 0 Å². The molecule has 2 heterocycles. The number of carbonyl (C=O) groups is 1. The first-order valence-corrected chi connectivity index (χ1v) is 8.20. The lowest BCUT2D eigenvalue weighted by Gasteiger charge is -2.30. The van der Waals surface area contributed by atoms with Gasteiger partial charge >= 0.3 is 0 Å². The third-order valence-electron chi connectivity index (χ3n) is 4.48. The van der Waals surface area contributed by atoms with Gasteiger partial charge in [0.25, 0.3) is 0 Å². The van der Waals surface area contributed by atoms with E-state index >= 15 is 0 Å². The van der Waals surface area contributed by atoms with Gasteiger partial charge in [0, 0.05) is 31.7 Å². The smallest absolute Gasteiger partial charge is 0.225 e. The largest absolute Gasteiger partial charge is 0.376 e. The maximum Gasteiger partial charge on any atom is 0.225 e. The summed E-state index contributed by atoms with van der Waals surface area (Å²) in [6.07, 6.45) is 4.34. The second kappa shape index (κ2) is 8.96. The lowest BCUT2D eigenvalue weighted by Crippen LogP contribution is -2.43. The molecule has 4 nitrogen and oxygen atoms in total. The second-order valence-corrected chi connectivity index (χ2v) is 6.82. The van der Waals surface area contributed by atoms with Crippen molar-refractivity contribution in [1.29, 1.82) is 0 Å². The Labute approximate surface area is 135 Å². The van der Waals surface area contributed by atoms with Crippen molar-refractivity contribution in [3.63, 3.8) is 0 Å². The van der Waals surface area contributed by atoms with E-state index < -0.39 is 0 Å². The highest BCUT2D eigenvalue weighted by Crippen LogP contribution is 2.22. The molecule has 1 unspecified atom stereocenters. The molecule has 0 aromatic heterocycles. The molecule has 5 heteroatoms. The molecule has 0 spiro atoms. The number of rotatable bonds is 5. The summed E-state index contributed by atoms with van der Waals surface area (Å²) in [7, 11) is 0. The zero-order chi connectivity index (χ0) is 14.5. The van der Waals surface area contributed by atoms with Crippen LogP contribution < -0.4 is 5.32 Å². The number of piperidine rings is 1. The standard InChI is InChI=1S/C16H30N2O2.ClH/c1-12(2)6-9-20-15-5-8-18(11-15)16(19)14-4-7-17-13(3)10-14;/h12-15,17H,4-11H2,1-3H3;1H/t13-,14-,15?;/m0./s1. The third-order valence-corrected chi connectivity index (χ3v) is 4.48. The van der Waals surface area contributed by atoms with Gasteiger partial charge in [-0.25, -0.2) is 0 Å². The number of hydrogen-bond donors (Lipinski definition) is 1. The Hall–Kier alpha value is -0.320. The van der Waals surface area contributed by atoms with Gasteiger partial charge in [0.2, 0.25) is 5.91 Å². The van der Waals surface area contributed by atoms with Gasteiger partial charge in [-0.3, -0.25) is 4.79 Å². The maximum atomic E-state index is 12.5. The monoisotopic (exact) mass is 318 g/mol. The van der Waals surface area contributed by atoms with E-state index in [1.807, 2.05) is 4.90 Å². The van der Waals surface area contributed by atoms with Crippen molar-refractivity contribution in [3.05, 3.63) is 0 Å². The molecule has 1 N–H and O–H groups in total. The molecule has 2 aliphatic rings. The summed E-state index contributed by atoms with van der Waals surface area (Å²) >= 11 is 0. The highest BCUT2D eigenvalue weighted by molar-refractivity contribution is 5.85. The second-order valence-electron chi connectivity index (χ2n) is 6.82. The average Bonchev–Trinajstić information content (AvgIpc) is 2.86. The van der Waals surface area contributed by atoms with Gasteiger partial charge in [-0.1, -0.05) is 13.8 Å². The van der Waals surface area contributed by atoms with Crippen LogP contribution >= 0.6 is 12.4 Å². The summed E-state index contributed by atoms with van der Waals surface area (Å²) in [5.41, 5.74) is 0. The van der Waals surface area contributed by atoms with Crippen molar-refractivity contribution in [3.8, 4) is 0 Å². The van der Waals surface area contributed by atoms with Crippen LogP contribution in [0.3, 0.4) is 0 Å². The Balaban J connectivity index is 0.00000220. The number of nitrogens with one attached hydrogen (secondary N) is 1. The first-order chi connectivity index (χ1) is 9.56. The lowest BCUT2D eigenvalue weighted by atomic mass is 9.92. The number of likely N-dealkylation sites (tertiary alicyclic amines) is 1. The highest BCUT2D eigenvalue weighted by atomic mass is 35.5. The van der Waals surface area contributed by atoms with E-state index in [0.29, 0.717) is 17.9 Å². The van der Waals surface area contributed by atoms with Crippen LogP contribution in [0.4, 0.5) is 0 Å². The summed E-state index contributed by atoms with van der Waals surface area (Å²) in [5.74, 6) is 1.26. The fourth-order valence-electron chi connectivity index (χ4n) is 3.15. The maximum absolute atomic E-state index is 12.5. The molecule has 0 saturated carbocycles. The Kier molecular flexibility index (Phi) is 7.99. The topological polar surface area (TPSA) is 41.6 Å². The van der Waals surface area contributed by atoms with Crippen LogP contribution in [-0.2, 0) is 9.53 Å². The van der Waals surface area contributed by atoms with E-state index in [9.17, 15) is 4.79 Å². The quantitative estimate of drug-likeness (QED) is 0.846. The van der Waals surface area contributed by atoms with Gasteiger partial charge in [0.1, 0.15) is 0 Å². The summed E-state index contributed by atoms with van der Waals surface area (Å²) in [4.78, 5) is 14.5. The van der Waals surface area contributed by atoms with Crippen molar-refractivity contribution in [1.82, 2.24) is 10.2 Å². The molecule has 3 atom stereocenters. The lowest BCUT2D eigenvalue weighted by molar-refractivity contribution is -0.136. The van der Waals surface area contributed by atoms with Crippen LogP contribution in [0.2, 0.25) is 0 Å². The van der Waals surface area contributed by atoms with Crippen LogP contribution in [0, 0.1) is 11.8 Å². The molecular formula is C16H31ClN2O2. The van der Waals surface area contributed by atoms with Crippen LogP contribution in [0.15, 0.2) is 0 Å². The van der Waals surface area contributed by atoms with Crippen LogP contribution in [0.25, 0.3) is 0 Å². The SMILES string of the molecule is CC(C)CCOC1CCN(C(=O)[C@H]2CCN[C@@H](C)C2)C1.Cl. The number of carbonyl (C=O) groups excluding carboxylic acids is 1. The van der Waals surface area contributed by atoms with E-state index in [1.165, 1.54) is 0 Å². The van der Waals surface area contributed by atoms with Crippen molar-refractivity contribution in [2.45, 2.75) is 58.6 Å². The molecule has 0 aromatic carbocycles. The number of nitrogens with zero attached hydrogens (tertiary/aromatic N) is 1. The number of ether oxygens (including phenoxy) is 1. The normalized spacial score (nSPS) is 29.5. The van der Waals surface area contributed by atoms with E-state index in [4.69, 9.17) is 4.74 Å². The zero-order valence-corrected chi connectivity index (χ0v) is 14.5. The van der Waals surface area contributed by atoms with Crippen LogP contribution in [-0.4, -0.2) is 49.2 Å². The van der Waals surface area contributed by atoms with Gasteiger partial charge in [0.15, 0.2) is 0 Å². The average molecular weight is 319 g/mol. The van der Waals surface area contributed by atoms with Gasteiger partial charge in [-0.15, -0.1) is 12.4 Å². The molecule has 0 aliphatic carbocycles. The van der Waals surface area contributed by atoms with E-state index in [-0.39, 0.29) is 24.4 Å². The predicted octanol–water partition coefficient (Wildman–Crippen LogP) is 2.46. The minimum Gasteiger partial charge on any atom is -0.376 e. The molecule has 2 fully saturated rings. The summed E-state index contributed by atoms with van der Waals surface area (Å²) < 4.78 is 5.90. The highest BCUT2D eigenvalue weighted by Gasteiger charge is 2.33. The Bertz CT molecular complexity index is 325. The first-order valence-electron chi connectivity index (χ1n) is 8.20. The molecule has 0 aromatic rings. The summed E-state index contributed by atoms with van der Waals surface area (Å²) in [6, 6.07) is 0.471. The number of hydrogen-bond acceptors (Lipinski definition) is 3. The van der Waals surface area contributed by atoms with E-state index in [2.05, 4.69) is 26.1 Å². The Morgan fingerprint density at radius 2 is 2.14 bits per heavy atom. The molecule has 2 rings (SSSR count). The minimum absolute atomic E-state index is 0. The van der Waals surface area contributed by atoms with Crippen LogP contribution in [0.1, 0.15) is 46.5 Å². The van der Waals surface area contributed by atoms with Crippen molar-refractivity contribution in [2.24, 2.45) is 11.8 Å². The van der Waals surface area contributed by atoms with Crippen molar-refractivity contribution in [2.75, 3.05) is 26.2 Å². The molecule has 1 amide bonds. The number of amides is 1. The van der Waals surface area contributed by atoms with Gasteiger partial charge < -0.3 is 15.0 Å². The van der Waals surface area contributed by atoms with Gasteiger partial charge in [-0.2, -0.15) is 0 Å². The predicted molar refractivity (Wildman–Crippen MR) is 87.8 cm³/mol. The minimum atomic E-state index is 0. The molecule has 21 heavy (non-hydrogen) atoms.